The molecule has 0 saturated carbocycles. The molecular weight excluding hydrogens is 829 g/mol. The van der Waals surface area contributed by atoms with Crippen LogP contribution >= 0.6 is 23.2 Å². The van der Waals surface area contributed by atoms with Crippen LogP contribution in [0.4, 0.5) is 0 Å². The Labute approximate surface area is 370 Å². The van der Waals surface area contributed by atoms with E-state index in [1.165, 1.54) is 20.0 Å². The van der Waals surface area contributed by atoms with Crippen LogP contribution in [0.2, 0.25) is 10.0 Å². The first-order chi connectivity index (χ1) is 29.6. The highest BCUT2D eigenvalue weighted by molar-refractivity contribution is 6.35. The fraction of sp³-hybridized carbons (Fsp3) is 0.286. The molecule has 0 amide bonds. The number of fused-ring (bicyclic) bond motifs is 1. The number of carboxylic acid groups (broad SMARTS) is 2. The summed E-state index contributed by atoms with van der Waals surface area (Å²) < 4.78 is 12.6. The number of aromatic nitrogens is 2. The third-order valence-corrected chi connectivity index (χ3v) is 12.2. The Bertz CT molecular complexity index is 2700. The van der Waals surface area contributed by atoms with E-state index in [4.69, 9.17) is 37.7 Å². The molecule has 0 spiro atoms. The van der Waals surface area contributed by atoms with Crippen molar-refractivity contribution in [3.05, 3.63) is 140 Å². The van der Waals surface area contributed by atoms with Gasteiger partial charge < -0.3 is 29.9 Å². The molecule has 0 aliphatic heterocycles. The maximum absolute atomic E-state index is 11.9. The number of aliphatic hydroxyl groups is 2. The second-order valence-corrected chi connectivity index (χ2v) is 17.0. The second-order valence-electron chi connectivity index (χ2n) is 16.2. The van der Waals surface area contributed by atoms with Gasteiger partial charge in [0, 0.05) is 41.2 Å². The van der Waals surface area contributed by atoms with Gasteiger partial charge in [0.25, 0.3) is 0 Å². The fourth-order valence-corrected chi connectivity index (χ4v) is 7.76. The van der Waals surface area contributed by atoms with E-state index in [-0.39, 0.29) is 32.5 Å². The van der Waals surface area contributed by atoms with Crippen LogP contribution in [0.5, 0.6) is 11.5 Å². The summed E-state index contributed by atoms with van der Waals surface area (Å²) in [5.41, 5.74) is 7.41. The number of aryl methyl sites for hydroxylation is 2. The highest BCUT2D eigenvalue weighted by atomic mass is 35.5. The first-order valence-electron chi connectivity index (χ1n) is 20.0. The summed E-state index contributed by atoms with van der Waals surface area (Å²) in [6.07, 6.45) is 5.89. The molecule has 6 aromatic rings. The highest BCUT2D eigenvalue weighted by Crippen LogP contribution is 2.39. The Morgan fingerprint density at radius 1 is 0.710 bits per heavy atom. The van der Waals surface area contributed by atoms with Gasteiger partial charge in [-0.05, 0) is 128 Å². The highest BCUT2D eigenvalue weighted by Gasteiger charge is 2.33. The van der Waals surface area contributed by atoms with Crippen molar-refractivity contribution in [2.24, 2.45) is 10.8 Å². The molecule has 0 aliphatic carbocycles. The molecule has 0 unspecified atom stereocenters. The first-order valence-corrected chi connectivity index (χ1v) is 20.7. The molecule has 2 atom stereocenters. The SMILES string of the molecule is Cc1c(COc2cc(OCc3cncc(C#N)c3)c(CC[C@](C)(CO)C(=O)O)cc2Cl)cccc1-c1cccc(-c2cnc3c(Cl)cc(CC[C@](C)(CO)C(=O)O)cc3c2)c1C. The van der Waals surface area contributed by atoms with Gasteiger partial charge in [0.15, 0.2) is 0 Å². The van der Waals surface area contributed by atoms with E-state index < -0.39 is 36.0 Å². The van der Waals surface area contributed by atoms with Gasteiger partial charge in [0.05, 0.1) is 45.2 Å². The Balaban J connectivity index is 1.26. The predicted molar refractivity (Wildman–Crippen MR) is 238 cm³/mol. The lowest BCUT2D eigenvalue weighted by molar-refractivity contribution is -0.151. The Kier molecular flexibility index (Phi) is 14.2. The summed E-state index contributed by atoms with van der Waals surface area (Å²) in [6, 6.07) is 25.1. The minimum absolute atomic E-state index is 0.0793. The second kappa shape index (κ2) is 19.3. The zero-order chi connectivity index (χ0) is 44.8. The molecule has 0 aliphatic rings. The van der Waals surface area contributed by atoms with Crippen molar-refractivity contribution in [2.45, 2.75) is 66.6 Å². The molecule has 4 aromatic carbocycles. The summed E-state index contributed by atoms with van der Waals surface area (Å²) in [5.74, 6) is -1.39. The van der Waals surface area contributed by atoms with E-state index in [1.807, 2.05) is 43.3 Å². The quantitative estimate of drug-likeness (QED) is 0.0645. The van der Waals surface area contributed by atoms with Crippen LogP contribution in [0.3, 0.4) is 0 Å². The van der Waals surface area contributed by atoms with Gasteiger partial charge in [0.1, 0.15) is 30.8 Å². The molecular formula is C49H47Cl2N3O8. The van der Waals surface area contributed by atoms with Crippen molar-refractivity contribution in [1.82, 2.24) is 9.97 Å². The van der Waals surface area contributed by atoms with Crippen molar-refractivity contribution in [2.75, 3.05) is 13.2 Å². The maximum Gasteiger partial charge on any atom is 0.311 e. The third-order valence-electron chi connectivity index (χ3n) is 11.6. The molecule has 4 N–H and O–H groups in total. The fourth-order valence-electron chi connectivity index (χ4n) is 7.23. The molecule has 6 rings (SSSR count). The van der Waals surface area contributed by atoms with E-state index >= 15 is 0 Å². The molecule has 11 nitrogen and oxygen atoms in total. The molecule has 0 fully saturated rings. The van der Waals surface area contributed by atoms with Gasteiger partial charge in [-0.2, -0.15) is 5.26 Å². The molecule has 0 bridgehead atoms. The lowest BCUT2D eigenvalue weighted by Gasteiger charge is -2.23. The number of halogens is 2. The largest absolute Gasteiger partial charge is 0.488 e. The number of benzene rings is 4. The summed E-state index contributed by atoms with van der Waals surface area (Å²) in [5, 5.41) is 49.9. The van der Waals surface area contributed by atoms with Crippen LogP contribution < -0.4 is 9.47 Å². The lowest BCUT2D eigenvalue weighted by Crippen LogP contribution is -2.32. The summed E-state index contributed by atoms with van der Waals surface area (Å²) in [7, 11) is 0. The number of ether oxygens (including phenoxy) is 2. The van der Waals surface area contributed by atoms with Crippen LogP contribution in [-0.2, 0) is 35.6 Å². The van der Waals surface area contributed by atoms with Gasteiger partial charge in [-0.25, -0.2) is 0 Å². The number of pyridine rings is 2. The van der Waals surface area contributed by atoms with Crippen LogP contribution in [0, 0.1) is 36.0 Å². The predicted octanol–water partition coefficient (Wildman–Crippen LogP) is 9.95. The average molecular weight is 877 g/mol. The molecule has 13 heteroatoms. The van der Waals surface area contributed by atoms with Crippen molar-refractivity contribution >= 4 is 46.0 Å². The van der Waals surface area contributed by atoms with Crippen molar-refractivity contribution in [1.29, 1.82) is 5.26 Å². The Morgan fingerprint density at radius 2 is 1.35 bits per heavy atom. The molecule has 0 saturated heterocycles. The number of aliphatic hydroxyl groups excluding tert-OH is 2. The standard InChI is InChI=1S/C49H47Cl2N3O8/c1-29-35(26-62-44-20-43(61-25-33-15-32(21-52)22-53-23-33)34(19-41(44)50)12-14-49(4,28-56)47(59)60)7-5-9-39(29)40-10-6-8-38(30(40)2)37-18-36-16-31(17-42(51)45(36)54-24-37)11-13-48(3,27-55)46(57)58/h5-10,15-20,22-24,55-56H,11-14,25-28H2,1-4H3,(H,57,58)(H,59,60)/t48-,49-/m1/s1. The number of carbonyl (C=O) groups is 2. The van der Waals surface area contributed by atoms with Crippen LogP contribution in [-0.4, -0.2) is 55.5 Å². The monoisotopic (exact) mass is 875 g/mol. The van der Waals surface area contributed by atoms with Crippen LogP contribution in [0.1, 0.15) is 65.6 Å². The van der Waals surface area contributed by atoms with Crippen molar-refractivity contribution in [3.8, 4) is 39.8 Å². The number of nitriles is 1. The summed E-state index contributed by atoms with van der Waals surface area (Å²) in [6.45, 7) is 6.37. The zero-order valence-electron chi connectivity index (χ0n) is 34.8. The van der Waals surface area contributed by atoms with E-state index in [0.29, 0.717) is 50.2 Å². The first kappa shape index (κ1) is 45.5. The van der Waals surface area contributed by atoms with Gasteiger partial charge in [-0.15, -0.1) is 0 Å². The lowest BCUT2D eigenvalue weighted by atomic mass is 9.85. The molecule has 320 valence electrons. The van der Waals surface area contributed by atoms with E-state index in [1.54, 1.807) is 36.7 Å². The number of hydrogen-bond acceptors (Lipinski definition) is 9. The summed E-state index contributed by atoms with van der Waals surface area (Å²) >= 11 is 13.5. The minimum Gasteiger partial charge on any atom is -0.488 e. The van der Waals surface area contributed by atoms with Crippen molar-refractivity contribution in [3.63, 3.8) is 0 Å². The smallest absolute Gasteiger partial charge is 0.311 e. The molecule has 2 aromatic heterocycles. The molecule has 2 heterocycles. The van der Waals surface area contributed by atoms with Gasteiger partial charge >= 0.3 is 11.9 Å². The number of carboxylic acids is 2. The van der Waals surface area contributed by atoms with E-state index in [0.717, 1.165) is 49.9 Å². The maximum atomic E-state index is 11.9. The van der Waals surface area contributed by atoms with Gasteiger partial charge in [-0.3, -0.25) is 19.6 Å². The molecule has 0 radical (unpaired) electrons. The third kappa shape index (κ3) is 10.0. The van der Waals surface area contributed by atoms with Crippen molar-refractivity contribution < 1.29 is 39.5 Å². The number of hydrogen-bond donors (Lipinski definition) is 4. The normalized spacial score (nSPS) is 13.2. The minimum atomic E-state index is -1.37. The zero-order valence-corrected chi connectivity index (χ0v) is 36.3. The van der Waals surface area contributed by atoms with E-state index in [2.05, 4.69) is 30.1 Å². The van der Waals surface area contributed by atoms with Gasteiger partial charge in [0.2, 0.25) is 0 Å². The Morgan fingerprint density at radius 3 is 2.03 bits per heavy atom. The Hall–Kier alpha value is -6.03. The van der Waals surface area contributed by atoms with E-state index in [9.17, 15) is 35.3 Å². The number of nitrogens with zero attached hydrogens (tertiary/aromatic N) is 3. The molecule has 62 heavy (non-hydrogen) atoms. The van der Waals surface area contributed by atoms with Crippen LogP contribution in [0.15, 0.2) is 91.4 Å². The average Bonchev–Trinajstić information content (AvgIpc) is 3.26. The summed E-state index contributed by atoms with van der Waals surface area (Å²) in [4.78, 5) is 32.6. The number of rotatable bonds is 18. The number of aliphatic carboxylic acids is 2. The van der Waals surface area contributed by atoms with Gasteiger partial charge in [-0.1, -0.05) is 59.6 Å². The van der Waals surface area contributed by atoms with Crippen LogP contribution in [0.25, 0.3) is 33.2 Å². The topological polar surface area (TPSA) is 183 Å².